The van der Waals surface area contributed by atoms with Crippen LogP contribution in [-0.2, 0) is 4.74 Å². The molecule has 0 heterocycles. The number of aliphatic hydroxyl groups excluding tert-OH is 1. The molecule has 25 heavy (non-hydrogen) atoms. The van der Waals surface area contributed by atoms with Crippen LogP contribution in [0.3, 0.4) is 0 Å². The summed E-state index contributed by atoms with van der Waals surface area (Å²) in [5.41, 5.74) is 0.462. The molecule has 3 heteroatoms. The van der Waals surface area contributed by atoms with Crippen molar-refractivity contribution in [2.75, 3.05) is 32.8 Å². The molecule has 0 aromatic carbocycles. The van der Waals surface area contributed by atoms with Crippen LogP contribution in [0.2, 0.25) is 0 Å². The fraction of sp³-hybridized carbons (Fsp3) is 1.00. The highest BCUT2D eigenvalue weighted by atomic mass is 16.5. The van der Waals surface area contributed by atoms with Crippen molar-refractivity contribution in [1.82, 2.24) is 4.90 Å². The molecule has 0 unspecified atom stereocenters. The van der Waals surface area contributed by atoms with Crippen LogP contribution >= 0.6 is 0 Å². The summed E-state index contributed by atoms with van der Waals surface area (Å²) in [5, 5.41) is 10.5. The fourth-order valence-electron chi connectivity index (χ4n) is 6.49. The number of hydrogen-bond acceptors (Lipinski definition) is 3. The molecule has 4 aliphatic rings. The maximum absolute atomic E-state index is 10.5. The number of ether oxygens (including phenoxy) is 1. The van der Waals surface area contributed by atoms with Gasteiger partial charge in [0.1, 0.15) is 0 Å². The Bertz CT molecular complexity index is 375. The first-order valence-electron chi connectivity index (χ1n) is 10.8. The van der Waals surface area contributed by atoms with Gasteiger partial charge in [-0.05, 0) is 73.5 Å². The first-order chi connectivity index (χ1) is 11.8. The Labute approximate surface area is 155 Å². The Morgan fingerprint density at radius 1 is 0.880 bits per heavy atom. The van der Waals surface area contributed by atoms with Crippen LogP contribution in [0.25, 0.3) is 0 Å². The number of rotatable bonds is 10. The van der Waals surface area contributed by atoms with Crippen molar-refractivity contribution in [3.05, 3.63) is 0 Å². The molecule has 0 amide bonds. The van der Waals surface area contributed by atoms with E-state index >= 15 is 0 Å². The van der Waals surface area contributed by atoms with Gasteiger partial charge < -0.3 is 14.7 Å². The zero-order valence-electron chi connectivity index (χ0n) is 17.0. The third kappa shape index (κ3) is 5.43. The highest BCUT2D eigenvalue weighted by Crippen LogP contribution is 2.60. The van der Waals surface area contributed by atoms with E-state index in [4.69, 9.17) is 4.74 Å². The van der Waals surface area contributed by atoms with E-state index in [9.17, 15) is 5.11 Å². The van der Waals surface area contributed by atoms with Crippen molar-refractivity contribution >= 4 is 0 Å². The van der Waals surface area contributed by atoms with Crippen LogP contribution in [0.4, 0.5) is 0 Å². The minimum Gasteiger partial charge on any atom is -0.389 e. The molecule has 0 saturated heterocycles. The molecule has 146 valence electrons. The highest BCUT2D eigenvalue weighted by molar-refractivity contribution is 5.01. The third-order valence-corrected chi connectivity index (χ3v) is 6.60. The van der Waals surface area contributed by atoms with Crippen LogP contribution in [0.15, 0.2) is 0 Å². The Kier molecular flexibility index (Phi) is 6.50. The van der Waals surface area contributed by atoms with Crippen molar-refractivity contribution in [3.63, 3.8) is 0 Å². The molecular formula is C22H41NO2. The average molecular weight is 352 g/mol. The second-order valence-electron chi connectivity index (χ2n) is 10.6. The molecule has 0 aliphatic heterocycles. The SMILES string of the molecule is CC(C)CN(CC(C)C)C[C@@H](O)COCC12CC3CC(CC(C3)C1)C2. The van der Waals surface area contributed by atoms with E-state index in [1.54, 1.807) is 0 Å². The first-order valence-corrected chi connectivity index (χ1v) is 10.8. The van der Waals surface area contributed by atoms with Gasteiger partial charge in [-0.1, -0.05) is 27.7 Å². The number of nitrogens with zero attached hydrogens (tertiary/aromatic N) is 1. The summed E-state index contributed by atoms with van der Waals surface area (Å²) < 4.78 is 6.11. The molecule has 3 nitrogen and oxygen atoms in total. The summed E-state index contributed by atoms with van der Waals surface area (Å²) >= 11 is 0. The van der Waals surface area contributed by atoms with Gasteiger partial charge in [0, 0.05) is 19.6 Å². The normalized spacial score (nSPS) is 35.3. The van der Waals surface area contributed by atoms with Crippen LogP contribution < -0.4 is 0 Å². The van der Waals surface area contributed by atoms with Crippen molar-refractivity contribution in [2.24, 2.45) is 35.0 Å². The molecular weight excluding hydrogens is 310 g/mol. The minimum atomic E-state index is -0.355. The predicted octanol–water partition coefficient (Wildman–Crippen LogP) is 4.19. The van der Waals surface area contributed by atoms with Gasteiger partial charge in [0.2, 0.25) is 0 Å². The molecule has 4 fully saturated rings. The lowest BCUT2D eigenvalue weighted by Crippen LogP contribution is -2.48. The van der Waals surface area contributed by atoms with E-state index in [0.29, 0.717) is 23.9 Å². The first kappa shape index (κ1) is 19.6. The summed E-state index contributed by atoms with van der Waals surface area (Å²) in [6.07, 6.45) is 8.28. The maximum atomic E-state index is 10.5. The quantitative estimate of drug-likeness (QED) is 0.640. The summed E-state index contributed by atoms with van der Waals surface area (Å²) in [7, 11) is 0. The monoisotopic (exact) mass is 351 g/mol. The highest BCUT2D eigenvalue weighted by Gasteiger charge is 2.50. The van der Waals surface area contributed by atoms with E-state index in [-0.39, 0.29) is 6.10 Å². The maximum Gasteiger partial charge on any atom is 0.0900 e. The number of aliphatic hydroxyl groups is 1. The van der Waals surface area contributed by atoms with Gasteiger partial charge in [0.05, 0.1) is 19.3 Å². The summed E-state index contributed by atoms with van der Waals surface area (Å²) in [6.45, 7) is 13.3. The van der Waals surface area contributed by atoms with Gasteiger partial charge >= 0.3 is 0 Å². The summed E-state index contributed by atoms with van der Waals surface area (Å²) in [4.78, 5) is 2.41. The second kappa shape index (κ2) is 8.27. The molecule has 0 aromatic rings. The lowest BCUT2D eigenvalue weighted by molar-refractivity contribution is -0.107. The molecule has 0 radical (unpaired) electrons. The van der Waals surface area contributed by atoms with E-state index < -0.39 is 0 Å². The van der Waals surface area contributed by atoms with E-state index in [0.717, 1.165) is 44.0 Å². The molecule has 0 spiro atoms. The largest absolute Gasteiger partial charge is 0.389 e. The van der Waals surface area contributed by atoms with Crippen molar-refractivity contribution in [3.8, 4) is 0 Å². The predicted molar refractivity (Wildman–Crippen MR) is 104 cm³/mol. The third-order valence-electron chi connectivity index (χ3n) is 6.60. The van der Waals surface area contributed by atoms with Gasteiger partial charge in [-0.2, -0.15) is 0 Å². The second-order valence-corrected chi connectivity index (χ2v) is 10.6. The minimum absolute atomic E-state index is 0.355. The summed E-state index contributed by atoms with van der Waals surface area (Å²) in [6, 6.07) is 0. The van der Waals surface area contributed by atoms with Crippen LogP contribution in [0, 0.1) is 35.0 Å². The number of hydrogen-bond donors (Lipinski definition) is 1. The van der Waals surface area contributed by atoms with Gasteiger partial charge in [-0.25, -0.2) is 0 Å². The lowest BCUT2D eigenvalue weighted by atomic mass is 9.50. The molecule has 0 aromatic heterocycles. The molecule has 4 aliphatic carbocycles. The average Bonchev–Trinajstić information content (AvgIpc) is 2.43. The van der Waals surface area contributed by atoms with Crippen LogP contribution in [0.1, 0.15) is 66.2 Å². The van der Waals surface area contributed by atoms with Gasteiger partial charge in [0.15, 0.2) is 0 Å². The lowest BCUT2D eigenvalue weighted by Gasteiger charge is -2.56. The van der Waals surface area contributed by atoms with Gasteiger partial charge in [0.25, 0.3) is 0 Å². The van der Waals surface area contributed by atoms with Crippen LogP contribution in [0.5, 0.6) is 0 Å². The Morgan fingerprint density at radius 3 is 1.80 bits per heavy atom. The molecule has 1 N–H and O–H groups in total. The molecule has 4 bridgehead atoms. The topological polar surface area (TPSA) is 32.7 Å². The van der Waals surface area contributed by atoms with E-state index in [2.05, 4.69) is 32.6 Å². The van der Waals surface area contributed by atoms with Gasteiger partial charge in [-0.3, -0.25) is 0 Å². The smallest absolute Gasteiger partial charge is 0.0900 e. The zero-order valence-corrected chi connectivity index (χ0v) is 17.0. The van der Waals surface area contributed by atoms with Crippen LogP contribution in [-0.4, -0.2) is 49.0 Å². The Balaban J connectivity index is 1.42. The molecule has 4 rings (SSSR count). The van der Waals surface area contributed by atoms with Crippen molar-refractivity contribution in [1.29, 1.82) is 0 Å². The Morgan fingerprint density at radius 2 is 1.36 bits per heavy atom. The van der Waals surface area contributed by atoms with E-state index in [1.165, 1.54) is 38.5 Å². The summed E-state index contributed by atoms with van der Waals surface area (Å²) in [5.74, 6) is 4.21. The van der Waals surface area contributed by atoms with Crippen molar-refractivity contribution in [2.45, 2.75) is 72.3 Å². The molecule has 1 atom stereocenters. The van der Waals surface area contributed by atoms with E-state index in [1.807, 2.05) is 0 Å². The fourth-order valence-corrected chi connectivity index (χ4v) is 6.49. The molecule has 4 saturated carbocycles. The standard InChI is InChI=1S/C22H41NO2/c1-16(2)11-23(12-17(3)4)13-21(24)14-25-15-22-8-18-5-19(9-22)7-20(6-18)10-22/h16-21,24H,5-15H2,1-4H3/t18?,19?,20?,21-,22?/m1/s1. The van der Waals surface area contributed by atoms with Crippen molar-refractivity contribution < 1.29 is 9.84 Å². The Hall–Kier alpha value is -0.120. The zero-order chi connectivity index (χ0) is 18.0. The van der Waals surface area contributed by atoms with Gasteiger partial charge in [-0.15, -0.1) is 0 Å².